The molecular formula is C11H18O4. The summed E-state index contributed by atoms with van der Waals surface area (Å²) in [6.07, 6.45) is 2.39. The first kappa shape index (κ1) is 13.7. The molecule has 0 aromatic heterocycles. The van der Waals surface area contributed by atoms with E-state index in [1.807, 2.05) is 0 Å². The standard InChI is InChI=1S/C11H18O4/c1-4-11(5-2,9(13)7-8-12)10(14)15-6-3/h7-8,12H,4-6H2,1-3H3/b8-7+. The zero-order valence-corrected chi connectivity index (χ0v) is 9.45. The van der Waals surface area contributed by atoms with Crippen molar-refractivity contribution in [3.63, 3.8) is 0 Å². The molecule has 15 heavy (non-hydrogen) atoms. The molecule has 0 atom stereocenters. The van der Waals surface area contributed by atoms with Crippen molar-refractivity contribution in [1.29, 1.82) is 0 Å². The second-order valence-electron chi connectivity index (χ2n) is 3.19. The van der Waals surface area contributed by atoms with E-state index in [0.717, 1.165) is 6.08 Å². The lowest BCUT2D eigenvalue weighted by atomic mass is 9.78. The van der Waals surface area contributed by atoms with E-state index in [4.69, 9.17) is 9.84 Å². The van der Waals surface area contributed by atoms with Crippen LogP contribution in [0.2, 0.25) is 0 Å². The fraction of sp³-hybridized carbons (Fsp3) is 0.636. The molecular weight excluding hydrogens is 196 g/mol. The predicted molar refractivity (Wildman–Crippen MR) is 56.4 cm³/mol. The minimum absolute atomic E-state index is 0.247. The van der Waals surface area contributed by atoms with Crippen LogP contribution in [0.15, 0.2) is 12.3 Å². The smallest absolute Gasteiger partial charge is 0.319 e. The van der Waals surface area contributed by atoms with Crippen LogP contribution in [0.5, 0.6) is 0 Å². The highest BCUT2D eigenvalue weighted by atomic mass is 16.5. The maximum Gasteiger partial charge on any atom is 0.319 e. The lowest BCUT2D eigenvalue weighted by Gasteiger charge is -2.25. The van der Waals surface area contributed by atoms with Gasteiger partial charge in [-0.3, -0.25) is 9.59 Å². The van der Waals surface area contributed by atoms with Crippen LogP contribution in [0.3, 0.4) is 0 Å². The first-order chi connectivity index (χ1) is 7.08. The van der Waals surface area contributed by atoms with Gasteiger partial charge in [0.2, 0.25) is 0 Å². The average Bonchev–Trinajstić information content (AvgIpc) is 2.21. The number of rotatable bonds is 6. The number of hydrogen-bond donors (Lipinski definition) is 1. The van der Waals surface area contributed by atoms with Gasteiger partial charge in [0.1, 0.15) is 5.41 Å². The van der Waals surface area contributed by atoms with Gasteiger partial charge in [-0.1, -0.05) is 13.8 Å². The second kappa shape index (κ2) is 6.22. The number of hydrogen-bond acceptors (Lipinski definition) is 4. The van der Waals surface area contributed by atoms with Gasteiger partial charge >= 0.3 is 5.97 Å². The van der Waals surface area contributed by atoms with E-state index in [2.05, 4.69) is 0 Å². The Balaban J connectivity index is 5.03. The van der Waals surface area contributed by atoms with E-state index in [-0.39, 0.29) is 6.61 Å². The molecule has 0 heterocycles. The summed E-state index contributed by atoms with van der Waals surface area (Å²) in [5.41, 5.74) is -1.14. The minimum atomic E-state index is -1.14. The molecule has 0 unspecified atom stereocenters. The summed E-state index contributed by atoms with van der Waals surface area (Å²) in [4.78, 5) is 23.4. The van der Waals surface area contributed by atoms with Crippen molar-refractivity contribution in [2.24, 2.45) is 5.41 Å². The highest BCUT2D eigenvalue weighted by Crippen LogP contribution is 2.30. The van der Waals surface area contributed by atoms with Gasteiger partial charge in [0.25, 0.3) is 0 Å². The largest absolute Gasteiger partial charge is 0.515 e. The number of ketones is 1. The number of carbonyl (C=O) groups is 2. The Morgan fingerprint density at radius 2 is 1.80 bits per heavy atom. The highest BCUT2D eigenvalue weighted by molar-refractivity contribution is 6.09. The van der Waals surface area contributed by atoms with Gasteiger partial charge in [0.05, 0.1) is 12.9 Å². The number of ether oxygens (including phenoxy) is 1. The molecule has 0 saturated carbocycles. The normalized spacial score (nSPS) is 11.7. The molecule has 0 aliphatic heterocycles. The fourth-order valence-electron chi connectivity index (χ4n) is 1.48. The molecule has 86 valence electrons. The average molecular weight is 214 g/mol. The Morgan fingerprint density at radius 1 is 1.27 bits per heavy atom. The van der Waals surface area contributed by atoms with Gasteiger partial charge in [0, 0.05) is 6.08 Å². The molecule has 0 saturated heterocycles. The summed E-state index contributed by atoms with van der Waals surface area (Å²) >= 11 is 0. The SMILES string of the molecule is CCOC(=O)C(CC)(CC)C(=O)/C=C/O. The quantitative estimate of drug-likeness (QED) is 0.318. The van der Waals surface area contributed by atoms with Crippen molar-refractivity contribution in [2.45, 2.75) is 33.6 Å². The maximum absolute atomic E-state index is 11.7. The maximum atomic E-state index is 11.7. The Morgan fingerprint density at radius 3 is 2.13 bits per heavy atom. The van der Waals surface area contributed by atoms with Crippen molar-refractivity contribution in [2.75, 3.05) is 6.61 Å². The molecule has 0 fully saturated rings. The topological polar surface area (TPSA) is 63.6 Å². The Kier molecular flexibility index (Phi) is 5.67. The molecule has 0 aromatic rings. The van der Waals surface area contributed by atoms with Crippen molar-refractivity contribution < 1.29 is 19.4 Å². The lowest BCUT2D eigenvalue weighted by molar-refractivity contribution is -0.159. The van der Waals surface area contributed by atoms with Crippen molar-refractivity contribution >= 4 is 11.8 Å². The van der Waals surface area contributed by atoms with E-state index >= 15 is 0 Å². The van der Waals surface area contributed by atoms with Crippen LogP contribution in [0.4, 0.5) is 0 Å². The lowest BCUT2D eigenvalue weighted by Crippen LogP contribution is -2.39. The predicted octanol–water partition coefficient (Wildman–Crippen LogP) is 2.00. The molecule has 0 spiro atoms. The van der Waals surface area contributed by atoms with Crippen molar-refractivity contribution in [3.05, 3.63) is 12.3 Å². The molecule has 0 radical (unpaired) electrons. The third-order valence-corrected chi connectivity index (χ3v) is 2.57. The van der Waals surface area contributed by atoms with Crippen molar-refractivity contribution in [3.8, 4) is 0 Å². The summed E-state index contributed by atoms with van der Waals surface area (Å²) in [6, 6.07) is 0. The molecule has 1 N–H and O–H groups in total. The van der Waals surface area contributed by atoms with Crippen LogP contribution < -0.4 is 0 Å². The number of esters is 1. The number of aliphatic hydroxyl groups excluding tert-OH is 1. The van der Waals surface area contributed by atoms with Gasteiger partial charge in [-0.05, 0) is 19.8 Å². The summed E-state index contributed by atoms with van der Waals surface area (Å²) < 4.78 is 4.88. The fourth-order valence-corrected chi connectivity index (χ4v) is 1.48. The molecule has 0 aliphatic rings. The van der Waals surface area contributed by atoms with Crippen LogP contribution in [0.1, 0.15) is 33.6 Å². The molecule has 4 nitrogen and oxygen atoms in total. The Bertz CT molecular complexity index is 251. The summed E-state index contributed by atoms with van der Waals surface area (Å²) in [5.74, 6) is -0.924. The Hall–Kier alpha value is -1.32. The first-order valence-corrected chi connectivity index (χ1v) is 5.11. The number of carbonyl (C=O) groups excluding carboxylic acids is 2. The molecule has 0 aliphatic carbocycles. The molecule has 0 aromatic carbocycles. The van der Waals surface area contributed by atoms with E-state index < -0.39 is 17.2 Å². The van der Waals surface area contributed by atoms with Gasteiger partial charge in [-0.25, -0.2) is 0 Å². The van der Waals surface area contributed by atoms with Crippen LogP contribution >= 0.6 is 0 Å². The summed E-state index contributed by atoms with van der Waals surface area (Å²) in [7, 11) is 0. The van der Waals surface area contributed by atoms with E-state index in [0.29, 0.717) is 19.1 Å². The Labute approximate surface area is 89.9 Å². The third kappa shape index (κ3) is 2.81. The second-order valence-corrected chi connectivity index (χ2v) is 3.19. The molecule has 0 rings (SSSR count). The van der Waals surface area contributed by atoms with Gasteiger partial charge in [-0.15, -0.1) is 0 Å². The molecule has 4 heteroatoms. The van der Waals surface area contributed by atoms with E-state index in [1.54, 1.807) is 20.8 Å². The van der Waals surface area contributed by atoms with E-state index in [9.17, 15) is 9.59 Å². The van der Waals surface area contributed by atoms with Crippen LogP contribution in [-0.2, 0) is 14.3 Å². The zero-order valence-electron chi connectivity index (χ0n) is 9.45. The van der Waals surface area contributed by atoms with Crippen LogP contribution in [0, 0.1) is 5.41 Å². The zero-order chi connectivity index (χ0) is 11.9. The van der Waals surface area contributed by atoms with Crippen LogP contribution in [0.25, 0.3) is 0 Å². The van der Waals surface area contributed by atoms with Crippen molar-refractivity contribution in [1.82, 2.24) is 0 Å². The first-order valence-electron chi connectivity index (χ1n) is 5.11. The summed E-state index contributed by atoms with van der Waals surface area (Å²) in [6.45, 7) is 5.45. The third-order valence-electron chi connectivity index (χ3n) is 2.57. The number of aliphatic hydroxyl groups is 1. The summed E-state index contributed by atoms with van der Waals surface area (Å²) in [5, 5.41) is 8.55. The van der Waals surface area contributed by atoms with Gasteiger partial charge in [-0.2, -0.15) is 0 Å². The monoisotopic (exact) mass is 214 g/mol. The molecule has 0 bridgehead atoms. The minimum Gasteiger partial charge on any atom is -0.515 e. The van der Waals surface area contributed by atoms with Gasteiger partial charge in [0.15, 0.2) is 5.78 Å². The van der Waals surface area contributed by atoms with Gasteiger partial charge < -0.3 is 9.84 Å². The van der Waals surface area contributed by atoms with Crippen LogP contribution in [-0.4, -0.2) is 23.5 Å². The molecule has 0 amide bonds. The number of allylic oxidation sites excluding steroid dienone is 1. The highest BCUT2D eigenvalue weighted by Gasteiger charge is 2.42. The van der Waals surface area contributed by atoms with E-state index in [1.165, 1.54) is 0 Å².